The SMILES string of the molecule is O=C(Nc1ccc(F)c(F)c1)c1nnc(C2CCCN2S(=O)(=O)Cc2ccccc2)s1. The number of rotatable bonds is 6. The number of carbonyl (C=O) groups excluding carboxylic acids is 1. The van der Waals surface area contributed by atoms with Gasteiger partial charge in [0.1, 0.15) is 5.01 Å². The molecule has 3 aromatic rings. The highest BCUT2D eigenvalue weighted by atomic mass is 32.2. The van der Waals surface area contributed by atoms with Gasteiger partial charge in [0.05, 0.1) is 11.8 Å². The normalized spacial score (nSPS) is 17.0. The zero-order valence-corrected chi connectivity index (χ0v) is 17.8. The molecule has 162 valence electrons. The van der Waals surface area contributed by atoms with Crippen molar-refractivity contribution in [3.05, 3.63) is 75.7 Å². The molecule has 1 aliphatic heterocycles. The van der Waals surface area contributed by atoms with Gasteiger partial charge in [0.15, 0.2) is 11.6 Å². The topological polar surface area (TPSA) is 92.3 Å². The molecule has 1 atom stereocenters. The van der Waals surface area contributed by atoms with Crippen molar-refractivity contribution in [1.29, 1.82) is 0 Å². The van der Waals surface area contributed by atoms with Crippen LogP contribution in [-0.4, -0.2) is 35.4 Å². The van der Waals surface area contributed by atoms with E-state index in [-0.39, 0.29) is 16.4 Å². The number of hydrogen-bond acceptors (Lipinski definition) is 6. The van der Waals surface area contributed by atoms with Gasteiger partial charge in [-0.1, -0.05) is 41.7 Å². The van der Waals surface area contributed by atoms with Crippen LogP contribution < -0.4 is 5.32 Å². The van der Waals surface area contributed by atoms with Crippen molar-refractivity contribution >= 4 is 33.0 Å². The van der Waals surface area contributed by atoms with Gasteiger partial charge in [0.2, 0.25) is 15.0 Å². The Morgan fingerprint density at radius 2 is 1.90 bits per heavy atom. The van der Waals surface area contributed by atoms with Crippen LogP contribution in [0.25, 0.3) is 0 Å². The molecular weight excluding hydrogens is 446 g/mol. The van der Waals surface area contributed by atoms with Gasteiger partial charge >= 0.3 is 0 Å². The molecule has 4 rings (SSSR count). The van der Waals surface area contributed by atoms with E-state index in [2.05, 4.69) is 15.5 Å². The van der Waals surface area contributed by atoms with Crippen LogP contribution in [0.4, 0.5) is 14.5 Å². The molecule has 1 fully saturated rings. The van der Waals surface area contributed by atoms with Crippen molar-refractivity contribution < 1.29 is 22.0 Å². The van der Waals surface area contributed by atoms with Crippen LogP contribution in [0.3, 0.4) is 0 Å². The van der Waals surface area contributed by atoms with Crippen molar-refractivity contribution in [2.75, 3.05) is 11.9 Å². The number of amides is 1. The molecule has 1 aromatic heterocycles. The van der Waals surface area contributed by atoms with E-state index in [0.717, 1.165) is 23.5 Å². The summed E-state index contributed by atoms with van der Waals surface area (Å²) in [6.07, 6.45) is 1.25. The minimum Gasteiger partial charge on any atom is -0.320 e. The van der Waals surface area contributed by atoms with Gasteiger partial charge < -0.3 is 5.32 Å². The van der Waals surface area contributed by atoms with E-state index in [1.54, 1.807) is 24.3 Å². The summed E-state index contributed by atoms with van der Waals surface area (Å²) in [5.74, 6) is -2.85. The Morgan fingerprint density at radius 1 is 1.13 bits per heavy atom. The minimum atomic E-state index is -3.58. The molecule has 0 bridgehead atoms. The molecule has 7 nitrogen and oxygen atoms in total. The molecule has 2 heterocycles. The molecule has 2 aromatic carbocycles. The van der Waals surface area contributed by atoms with Crippen LogP contribution in [0.1, 0.15) is 39.3 Å². The molecule has 1 unspecified atom stereocenters. The highest BCUT2D eigenvalue weighted by Gasteiger charge is 2.37. The summed E-state index contributed by atoms with van der Waals surface area (Å²) in [5.41, 5.74) is 0.769. The summed E-state index contributed by atoms with van der Waals surface area (Å²) in [4.78, 5) is 12.4. The summed E-state index contributed by atoms with van der Waals surface area (Å²) < 4.78 is 53.7. The number of anilines is 1. The number of hydrogen-bond donors (Lipinski definition) is 1. The van der Waals surface area contributed by atoms with Crippen LogP contribution in [0, 0.1) is 11.6 Å². The minimum absolute atomic E-state index is 0.00652. The Balaban J connectivity index is 1.49. The zero-order chi connectivity index (χ0) is 22.0. The summed E-state index contributed by atoms with van der Waals surface area (Å²) in [6.45, 7) is 0.371. The molecule has 0 spiro atoms. The lowest BCUT2D eigenvalue weighted by Crippen LogP contribution is -2.31. The maximum Gasteiger partial charge on any atom is 0.286 e. The van der Waals surface area contributed by atoms with E-state index >= 15 is 0 Å². The van der Waals surface area contributed by atoms with Crippen LogP contribution in [0.2, 0.25) is 0 Å². The van der Waals surface area contributed by atoms with Crippen molar-refractivity contribution in [2.45, 2.75) is 24.6 Å². The van der Waals surface area contributed by atoms with Crippen molar-refractivity contribution in [2.24, 2.45) is 0 Å². The van der Waals surface area contributed by atoms with Gasteiger partial charge in [-0.2, -0.15) is 4.31 Å². The molecule has 31 heavy (non-hydrogen) atoms. The summed E-state index contributed by atoms with van der Waals surface area (Å²) in [5, 5.41) is 10.8. The third-order valence-corrected chi connectivity index (χ3v) is 7.72. The molecular formula is C20H18F2N4O3S2. The third kappa shape index (κ3) is 4.78. The van der Waals surface area contributed by atoms with Gasteiger partial charge in [-0.3, -0.25) is 4.79 Å². The number of carbonyl (C=O) groups is 1. The zero-order valence-electron chi connectivity index (χ0n) is 16.2. The van der Waals surface area contributed by atoms with Gasteiger partial charge in [-0.25, -0.2) is 17.2 Å². The van der Waals surface area contributed by atoms with E-state index in [0.29, 0.717) is 30.0 Å². The Morgan fingerprint density at radius 3 is 2.65 bits per heavy atom. The van der Waals surface area contributed by atoms with E-state index in [4.69, 9.17) is 0 Å². The maximum atomic E-state index is 13.3. The van der Waals surface area contributed by atoms with Crippen molar-refractivity contribution in [3.8, 4) is 0 Å². The van der Waals surface area contributed by atoms with Crippen LogP contribution in [-0.2, 0) is 15.8 Å². The van der Waals surface area contributed by atoms with E-state index in [1.807, 2.05) is 6.07 Å². The number of nitrogens with one attached hydrogen (secondary N) is 1. The summed E-state index contributed by atoms with van der Waals surface area (Å²) in [7, 11) is -3.58. The second-order valence-corrected chi connectivity index (χ2v) is 9.97. The highest BCUT2D eigenvalue weighted by Crippen LogP contribution is 2.36. The predicted octanol–water partition coefficient (Wildman–Crippen LogP) is 3.74. The molecule has 11 heteroatoms. The lowest BCUT2D eigenvalue weighted by molar-refractivity contribution is 0.102. The average Bonchev–Trinajstić information content (AvgIpc) is 3.41. The fourth-order valence-electron chi connectivity index (χ4n) is 3.41. The first-order chi connectivity index (χ1) is 14.8. The predicted molar refractivity (Wildman–Crippen MR) is 112 cm³/mol. The fourth-order valence-corrected chi connectivity index (χ4v) is 6.14. The number of sulfonamides is 1. The lowest BCUT2D eigenvalue weighted by atomic mass is 10.2. The molecule has 1 N–H and O–H groups in total. The molecule has 0 saturated carbocycles. The average molecular weight is 465 g/mol. The highest BCUT2D eigenvalue weighted by molar-refractivity contribution is 7.88. The molecule has 0 radical (unpaired) electrons. The summed E-state index contributed by atoms with van der Waals surface area (Å²) >= 11 is 0.983. The van der Waals surface area contributed by atoms with E-state index in [9.17, 15) is 22.0 Å². The summed E-state index contributed by atoms with van der Waals surface area (Å²) in [6, 6.07) is 11.4. The fraction of sp³-hybridized carbons (Fsp3) is 0.250. The number of halogens is 2. The van der Waals surface area contributed by atoms with Crippen molar-refractivity contribution in [3.63, 3.8) is 0 Å². The second-order valence-electron chi connectivity index (χ2n) is 7.04. The first-order valence-electron chi connectivity index (χ1n) is 9.47. The monoisotopic (exact) mass is 464 g/mol. The van der Waals surface area contributed by atoms with Crippen LogP contribution in [0.15, 0.2) is 48.5 Å². The second kappa shape index (κ2) is 8.77. The van der Waals surface area contributed by atoms with Gasteiger partial charge in [0.25, 0.3) is 5.91 Å². The van der Waals surface area contributed by atoms with Crippen LogP contribution >= 0.6 is 11.3 Å². The maximum absolute atomic E-state index is 13.3. The smallest absolute Gasteiger partial charge is 0.286 e. The van der Waals surface area contributed by atoms with Gasteiger partial charge in [0, 0.05) is 18.3 Å². The number of benzene rings is 2. The molecule has 1 aliphatic rings. The molecule has 1 amide bonds. The quantitative estimate of drug-likeness (QED) is 0.600. The standard InChI is InChI=1S/C20H18F2N4O3S2/c21-15-9-8-14(11-16(15)22)23-18(27)20-25-24-19(30-20)17-7-4-10-26(17)31(28,29)12-13-5-2-1-3-6-13/h1-3,5-6,8-9,11,17H,4,7,10,12H2,(H,23,27). The largest absolute Gasteiger partial charge is 0.320 e. The first kappa shape index (κ1) is 21.5. The molecule has 1 saturated heterocycles. The molecule has 0 aliphatic carbocycles. The number of aromatic nitrogens is 2. The Hall–Kier alpha value is -2.76. The Kier molecular flexibility index (Phi) is 6.08. The third-order valence-electron chi connectivity index (χ3n) is 4.85. The Bertz CT molecular complexity index is 1200. The lowest BCUT2D eigenvalue weighted by Gasteiger charge is -2.22. The van der Waals surface area contributed by atoms with E-state index in [1.165, 1.54) is 10.4 Å². The van der Waals surface area contributed by atoms with Crippen LogP contribution in [0.5, 0.6) is 0 Å². The first-order valence-corrected chi connectivity index (χ1v) is 11.9. The number of nitrogens with zero attached hydrogens (tertiary/aromatic N) is 3. The van der Waals surface area contributed by atoms with Gasteiger partial charge in [-0.15, -0.1) is 10.2 Å². The van der Waals surface area contributed by atoms with Gasteiger partial charge in [-0.05, 0) is 30.5 Å². The van der Waals surface area contributed by atoms with E-state index < -0.39 is 33.6 Å². The van der Waals surface area contributed by atoms with Crippen molar-refractivity contribution in [1.82, 2.24) is 14.5 Å². The Labute approximate surface area is 181 Å².